The highest BCUT2D eigenvalue weighted by Gasteiger charge is 2.30. The monoisotopic (exact) mass is 297 g/mol. The van der Waals surface area contributed by atoms with Gasteiger partial charge >= 0.3 is 0 Å². The second kappa shape index (κ2) is 6.44. The maximum absolute atomic E-state index is 11.8. The summed E-state index contributed by atoms with van der Waals surface area (Å²) in [6.07, 6.45) is 1.27. The van der Waals surface area contributed by atoms with Crippen LogP contribution >= 0.6 is 23.4 Å². The van der Waals surface area contributed by atoms with Gasteiger partial charge in [-0.25, -0.2) is 0 Å². The molecule has 1 unspecified atom stereocenters. The van der Waals surface area contributed by atoms with Crippen molar-refractivity contribution < 1.29 is 9.59 Å². The van der Waals surface area contributed by atoms with Crippen LogP contribution in [0.4, 0.5) is 0 Å². The quantitative estimate of drug-likeness (QED) is 0.857. The molecule has 0 aromatic heterocycles. The second-order valence-corrected chi connectivity index (χ2v) is 6.57. The molecule has 19 heavy (non-hydrogen) atoms. The van der Waals surface area contributed by atoms with Gasteiger partial charge in [0.15, 0.2) is 5.12 Å². The highest BCUT2D eigenvalue weighted by molar-refractivity contribution is 8.14. The molecular weight excluding hydrogens is 282 g/mol. The van der Waals surface area contributed by atoms with Crippen molar-refractivity contribution in [2.45, 2.75) is 25.0 Å². The lowest BCUT2D eigenvalue weighted by atomic mass is 10.1. The predicted molar refractivity (Wildman–Crippen MR) is 78.4 cm³/mol. The Balaban J connectivity index is 1.86. The molecule has 1 amide bonds. The summed E-state index contributed by atoms with van der Waals surface area (Å²) in [7, 11) is 0. The maximum atomic E-state index is 11.8. The lowest BCUT2D eigenvalue weighted by Crippen LogP contribution is -2.27. The van der Waals surface area contributed by atoms with Crippen molar-refractivity contribution in [3.05, 3.63) is 34.9 Å². The summed E-state index contributed by atoms with van der Waals surface area (Å²) >= 11 is 7.20. The van der Waals surface area contributed by atoms with Gasteiger partial charge < -0.3 is 4.90 Å². The molecule has 1 aromatic carbocycles. The summed E-state index contributed by atoms with van der Waals surface area (Å²) < 4.78 is 0. The van der Waals surface area contributed by atoms with Crippen molar-refractivity contribution in [1.29, 1.82) is 0 Å². The number of carbonyl (C=O) groups excluding carboxylic acids is 2. The summed E-state index contributed by atoms with van der Waals surface area (Å²) in [5.74, 6) is 0.140. The summed E-state index contributed by atoms with van der Waals surface area (Å²) in [4.78, 5) is 24.7. The molecule has 1 heterocycles. The fraction of sp³-hybridized carbons (Fsp3) is 0.429. The van der Waals surface area contributed by atoms with E-state index in [1.54, 1.807) is 6.92 Å². The number of benzene rings is 1. The number of nitrogens with zero attached hydrogens (tertiary/aromatic N) is 1. The van der Waals surface area contributed by atoms with Crippen LogP contribution in [-0.4, -0.2) is 34.3 Å². The van der Waals surface area contributed by atoms with Crippen LogP contribution in [-0.2, 0) is 16.0 Å². The van der Waals surface area contributed by atoms with Gasteiger partial charge in [0.05, 0.1) is 0 Å². The van der Waals surface area contributed by atoms with Crippen LogP contribution in [0.5, 0.6) is 0 Å². The molecule has 1 saturated heterocycles. The van der Waals surface area contributed by atoms with Gasteiger partial charge in [-0.2, -0.15) is 0 Å². The van der Waals surface area contributed by atoms with Crippen molar-refractivity contribution in [2.24, 2.45) is 0 Å². The highest BCUT2D eigenvalue weighted by atomic mass is 35.5. The van der Waals surface area contributed by atoms with E-state index in [0.717, 1.165) is 17.0 Å². The van der Waals surface area contributed by atoms with Crippen LogP contribution in [0.3, 0.4) is 0 Å². The first-order chi connectivity index (χ1) is 9.04. The number of amides is 1. The lowest BCUT2D eigenvalue weighted by molar-refractivity contribution is -0.127. The van der Waals surface area contributed by atoms with E-state index in [1.165, 1.54) is 11.8 Å². The SMILES string of the molecule is CC(=O)SC1CC(=O)N(CCc2cccc(Cl)c2)C1. The number of hydrogen-bond acceptors (Lipinski definition) is 3. The minimum absolute atomic E-state index is 0.0782. The van der Waals surface area contributed by atoms with E-state index in [0.29, 0.717) is 19.5 Å². The first-order valence-electron chi connectivity index (χ1n) is 6.24. The van der Waals surface area contributed by atoms with Gasteiger partial charge in [-0.05, 0) is 24.1 Å². The van der Waals surface area contributed by atoms with Gasteiger partial charge in [-0.15, -0.1) is 0 Å². The Hall–Kier alpha value is -1.00. The molecule has 0 aliphatic carbocycles. The molecule has 1 aliphatic heterocycles. The molecule has 5 heteroatoms. The average Bonchev–Trinajstić information content (AvgIpc) is 2.66. The molecule has 0 spiro atoms. The topological polar surface area (TPSA) is 37.4 Å². The molecule has 0 saturated carbocycles. The molecule has 1 atom stereocenters. The molecule has 0 bridgehead atoms. The summed E-state index contributed by atoms with van der Waals surface area (Å²) in [6.45, 7) is 2.90. The molecule has 0 radical (unpaired) electrons. The molecule has 3 nitrogen and oxygen atoms in total. The summed E-state index contributed by atoms with van der Waals surface area (Å²) in [5, 5.41) is 0.911. The van der Waals surface area contributed by atoms with Gasteiger partial charge in [0.2, 0.25) is 5.91 Å². The Kier molecular flexibility index (Phi) is 4.88. The van der Waals surface area contributed by atoms with E-state index < -0.39 is 0 Å². The molecule has 0 N–H and O–H groups in total. The Morgan fingerprint density at radius 2 is 2.32 bits per heavy atom. The fourth-order valence-corrected chi connectivity index (χ4v) is 3.38. The van der Waals surface area contributed by atoms with Crippen LogP contribution in [0.2, 0.25) is 5.02 Å². The smallest absolute Gasteiger partial charge is 0.223 e. The zero-order chi connectivity index (χ0) is 13.8. The normalized spacial score (nSPS) is 18.9. The van der Waals surface area contributed by atoms with E-state index in [-0.39, 0.29) is 16.3 Å². The highest BCUT2D eigenvalue weighted by Crippen LogP contribution is 2.24. The number of hydrogen-bond donors (Lipinski definition) is 0. The number of halogens is 1. The molecule has 102 valence electrons. The number of thioether (sulfide) groups is 1. The zero-order valence-corrected chi connectivity index (χ0v) is 12.3. The van der Waals surface area contributed by atoms with Gasteiger partial charge in [-0.3, -0.25) is 9.59 Å². The number of likely N-dealkylation sites (tertiary alicyclic amines) is 1. The summed E-state index contributed by atoms with van der Waals surface area (Å²) in [5.41, 5.74) is 1.13. The third kappa shape index (κ3) is 4.25. The third-order valence-electron chi connectivity index (χ3n) is 3.07. The number of carbonyl (C=O) groups is 2. The van der Waals surface area contributed by atoms with Crippen LogP contribution in [0, 0.1) is 0 Å². The van der Waals surface area contributed by atoms with Crippen molar-refractivity contribution >= 4 is 34.4 Å². The van der Waals surface area contributed by atoms with Crippen LogP contribution < -0.4 is 0 Å². The minimum Gasteiger partial charge on any atom is -0.341 e. The maximum Gasteiger partial charge on any atom is 0.223 e. The zero-order valence-electron chi connectivity index (χ0n) is 10.8. The van der Waals surface area contributed by atoms with Gasteiger partial charge in [0, 0.05) is 36.7 Å². The third-order valence-corrected chi connectivity index (χ3v) is 4.29. The van der Waals surface area contributed by atoms with Gasteiger partial charge in [0.25, 0.3) is 0 Å². The molecule has 1 fully saturated rings. The molecular formula is C14H16ClNO2S. The molecule has 1 aromatic rings. The van der Waals surface area contributed by atoms with E-state index in [1.807, 2.05) is 29.2 Å². The molecule has 2 rings (SSSR count). The van der Waals surface area contributed by atoms with E-state index in [4.69, 9.17) is 11.6 Å². The van der Waals surface area contributed by atoms with Crippen LogP contribution in [0.25, 0.3) is 0 Å². The van der Waals surface area contributed by atoms with Crippen LogP contribution in [0.1, 0.15) is 18.9 Å². The Morgan fingerprint density at radius 3 is 3.00 bits per heavy atom. The van der Waals surface area contributed by atoms with Crippen molar-refractivity contribution in [3.63, 3.8) is 0 Å². The predicted octanol–water partition coefficient (Wildman–Crippen LogP) is 2.76. The van der Waals surface area contributed by atoms with Crippen molar-refractivity contribution in [1.82, 2.24) is 4.90 Å². The van der Waals surface area contributed by atoms with Gasteiger partial charge in [0.1, 0.15) is 0 Å². The van der Waals surface area contributed by atoms with Crippen LogP contribution in [0.15, 0.2) is 24.3 Å². The first kappa shape index (κ1) is 14.4. The fourth-order valence-electron chi connectivity index (χ4n) is 2.22. The molecule has 1 aliphatic rings. The summed E-state index contributed by atoms with van der Waals surface area (Å²) in [6, 6.07) is 7.68. The van der Waals surface area contributed by atoms with Crippen molar-refractivity contribution in [3.8, 4) is 0 Å². The second-order valence-electron chi connectivity index (χ2n) is 4.66. The van der Waals surface area contributed by atoms with Crippen molar-refractivity contribution in [2.75, 3.05) is 13.1 Å². The minimum atomic E-state index is 0.0782. The van der Waals surface area contributed by atoms with E-state index >= 15 is 0 Å². The largest absolute Gasteiger partial charge is 0.341 e. The average molecular weight is 298 g/mol. The van der Waals surface area contributed by atoms with E-state index in [2.05, 4.69) is 0 Å². The Morgan fingerprint density at radius 1 is 1.53 bits per heavy atom. The lowest BCUT2D eigenvalue weighted by Gasteiger charge is -2.16. The number of rotatable bonds is 4. The standard InChI is InChI=1S/C14H16ClNO2S/c1-10(17)19-13-8-14(18)16(9-13)6-5-11-3-2-4-12(15)7-11/h2-4,7,13H,5-6,8-9H2,1H3. The van der Waals surface area contributed by atoms with E-state index in [9.17, 15) is 9.59 Å². The first-order valence-corrected chi connectivity index (χ1v) is 7.50. The Bertz CT molecular complexity index is 492. The Labute approximate surface area is 122 Å². The van der Waals surface area contributed by atoms with Gasteiger partial charge in [-0.1, -0.05) is 35.5 Å².